The van der Waals surface area contributed by atoms with E-state index in [1.54, 1.807) is 24.3 Å². The Labute approximate surface area is 57.4 Å². The topological polar surface area (TPSA) is 12.0 Å². The van der Waals surface area contributed by atoms with E-state index in [2.05, 4.69) is 0 Å². The lowest BCUT2D eigenvalue weighted by molar-refractivity contribution is 0.618. The van der Waals surface area contributed by atoms with Crippen LogP contribution in [0.1, 0.15) is 0 Å². The summed E-state index contributed by atoms with van der Waals surface area (Å²) in [5.41, 5.74) is 1.91. The molecule has 0 radical (unpaired) electrons. The fourth-order valence-electron chi connectivity index (χ4n) is 0.513. The second kappa shape index (κ2) is 2.69. The molecule has 0 amide bonds. The summed E-state index contributed by atoms with van der Waals surface area (Å²) < 4.78 is 11.6. The normalized spacial score (nSPS) is 9.11. The third-order valence-electron chi connectivity index (χ3n) is 0.953. The van der Waals surface area contributed by atoms with Crippen molar-refractivity contribution in [3.8, 4) is 0 Å². The molecule has 1 aromatic rings. The van der Waals surface area contributed by atoms with Gasteiger partial charge in [0.1, 0.15) is 0 Å². The van der Waals surface area contributed by atoms with Gasteiger partial charge >= 0.3 is 0 Å². The van der Waals surface area contributed by atoms with E-state index < -0.39 is 0 Å². The Morgan fingerprint density at radius 3 is 2.22 bits per heavy atom. The number of hydrogen-bond donors (Lipinski definition) is 1. The highest BCUT2D eigenvalue weighted by Gasteiger charge is 1.87. The average molecular weight is 146 g/mol. The quantitative estimate of drug-likeness (QED) is 0.599. The first-order valence-corrected chi connectivity index (χ1v) is 2.83. The van der Waals surface area contributed by atoms with Crippen molar-refractivity contribution in [2.45, 2.75) is 0 Å². The first-order valence-electron chi connectivity index (χ1n) is 2.45. The van der Waals surface area contributed by atoms with Crippen molar-refractivity contribution in [2.24, 2.45) is 0 Å². The molecule has 0 saturated heterocycles. The van der Waals surface area contributed by atoms with Crippen LogP contribution in [0.15, 0.2) is 24.3 Å². The molecule has 0 aliphatic rings. The Morgan fingerprint density at radius 1 is 1.22 bits per heavy atom. The number of rotatable bonds is 1. The highest BCUT2D eigenvalue weighted by molar-refractivity contribution is 6.30. The Morgan fingerprint density at radius 2 is 1.78 bits per heavy atom. The molecule has 0 unspecified atom stereocenters. The van der Waals surface area contributed by atoms with Crippen LogP contribution >= 0.6 is 11.6 Å². The zero-order chi connectivity index (χ0) is 6.69. The average Bonchev–Trinajstić information content (AvgIpc) is 1.90. The fourth-order valence-corrected chi connectivity index (χ4v) is 0.639. The lowest BCUT2D eigenvalue weighted by Gasteiger charge is -1.92. The number of halogens is 2. The van der Waals surface area contributed by atoms with Gasteiger partial charge in [-0.15, -0.1) is 4.48 Å². The summed E-state index contributed by atoms with van der Waals surface area (Å²) in [6, 6.07) is 6.34. The predicted octanol–water partition coefficient (Wildman–Crippen LogP) is 2.64. The molecule has 0 aliphatic heterocycles. The molecule has 0 fully saturated rings. The van der Waals surface area contributed by atoms with Crippen LogP contribution < -0.4 is 5.54 Å². The van der Waals surface area contributed by atoms with Gasteiger partial charge in [0.15, 0.2) is 0 Å². The Balaban J connectivity index is 2.88. The van der Waals surface area contributed by atoms with Crippen molar-refractivity contribution >= 4 is 17.3 Å². The van der Waals surface area contributed by atoms with E-state index in [0.29, 0.717) is 10.7 Å². The first kappa shape index (κ1) is 6.36. The fraction of sp³-hybridized carbons (Fsp3) is 0. The van der Waals surface area contributed by atoms with Gasteiger partial charge in [0, 0.05) is 5.02 Å². The molecular formula is C6H5ClFN. The molecule has 1 N–H and O–H groups in total. The Bertz CT molecular complexity index is 185. The summed E-state index contributed by atoms with van der Waals surface area (Å²) >= 11 is 5.52. The Kier molecular flexibility index (Phi) is 1.90. The van der Waals surface area contributed by atoms with E-state index in [1.165, 1.54) is 5.54 Å². The van der Waals surface area contributed by atoms with E-state index >= 15 is 0 Å². The standard InChI is InChI=1S/C6H5ClFN/c7-5-1-3-6(9-8)4-2-5/h1-4,9H. The van der Waals surface area contributed by atoms with Crippen molar-refractivity contribution < 1.29 is 4.48 Å². The van der Waals surface area contributed by atoms with Crippen LogP contribution in [0.4, 0.5) is 10.2 Å². The zero-order valence-corrected chi connectivity index (χ0v) is 5.32. The molecule has 3 heteroatoms. The van der Waals surface area contributed by atoms with Gasteiger partial charge in [-0.3, -0.25) is 0 Å². The third kappa shape index (κ3) is 1.57. The number of hydrogen-bond acceptors (Lipinski definition) is 1. The van der Waals surface area contributed by atoms with Crippen LogP contribution in [0.2, 0.25) is 5.02 Å². The van der Waals surface area contributed by atoms with Gasteiger partial charge in [0.25, 0.3) is 0 Å². The zero-order valence-electron chi connectivity index (χ0n) is 4.57. The molecule has 0 atom stereocenters. The molecule has 0 saturated carbocycles. The maximum atomic E-state index is 11.6. The maximum Gasteiger partial charge on any atom is 0.0656 e. The maximum absolute atomic E-state index is 11.6. The molecule has 0 heterocycles. The van der Waals surface area contributed by atoms with Crippen molar-refractivity contribution in [2.75, 3.05) is 5.54 Å². The smallest absolute Gasteiger partial charge is 0.0656 e. The number of anilines is 1. The SMILES string of the molecule is FNc1ccc(Cl)cc1. The minimum atomic E-state index is 0.416. The van der Waals surface area contributed by atoms with Gasteiger partial charge < -0.3 is 0 Å². The number of nitrogens with one attached hydrogen (secondary N) is 1. The monoisotopic (exact) mass is 145 g/mol. The molecule has 0 aliphatic carbocycles. The van der Waals surface area contributed by atoms with Gasteiger partial charge in [-0.05, 0) is 24.3 Å². The van der Waals surface area contributed by atoms with Gasteiger partial charge in [-0.1, -0.05) is 11.6 Å². The summed E-state index contributed by atoms with van der Waals surface area (Å²) in [7, 11) is 0. The van der Waals surface area contributed by atoms with Gasteiger partial charge in [-0.25, -0.2) is 5.54 Å². The molecule has 0 aromatic heterocycles. The lowest BCUT2D eigenvalue weighted by atomic mass is 10.3. The second-order valence-corrected chi connectivity index (χ2v) is 2.04. The predicted molar refractivity (Wildman–Crippen MR) is 36.2 cm³/mol. The van der Waals surface area contributed by atoms with Crippen LogP contribution in [-0.2, 0) is 0 Å². The molecule has 1 nitrogen and oxygen atoms in total. The van der Waals surface area contributed by atoms with E-state index in [1.807, 2.05) is 0 Å². The van der Waals surface area contributed by atoms with Crippen molar-refractivity contribution in [1.82, 2.24) is 0 Å². The van der Waals surface area contributed by atoms with Crippen LogP contribution in [0, 0.1) is 0 Å². The van der Waals surface area contributed by atoms with Gasteiger partial charge in [0.2, 0.25) is 0 Å². The van der Waals surface area contributed by atoms with Crippen molar-refractivity contribution in [1.29, 1.82) is 0 Å². The van der Waals surface area contributed by atoms with Gasteiger partial charge in [-0.2, -0.15) is 0 Å². The lowest BCUT2D eigenvalue weighted by Crippen LogP contribution is -1.78. The molecule has 0 spiro atoms. The summed E-state index contributed by atoms with van der Waals surface area (Å²) in [6.45, 7) is 0. The van der Waals surface area contributed by atoms with E-state index in [-0.39, 0.29) is 0 Å². The number of benzene rings is 1. The summed E-state index contributed by atoms with van der Waals surface area (Å²) in [5, 5.41) is 0.606. The second-order valence-electron chi connectivity index (χ2n) is 1.60. The highest BCUT2D eigenvalue weighted by atomic mass is 35.5. The van der Waals surface area contributed by atoms with E-state index in [9.17, 15) is 4.48 Å². The molecule has 9 heavy (non-hydrogen) atoms. The molecule has 1 aromatic carbocycles. The first-order chi connectivity index (χ1) is 4.33. The van der Waals surface area contributed by atoms with E-state index in [4.69, 9.17) is 11.6 Å². The minimum absolute atomic E-state index is 0.416. The van der Waals surface area contributed by atoms with Crippen LogP contribution in [-0.4, -0.2) is 0 Å². The molecular weight excluding hydrogens is 141 g/mol. The largest absolute Gasteiger partial charge is 0.225 e. The van der Waals surface area contributed by atoms with Crippen LogP contribution in [0.3, 0.4) is 0 Å². The minimum Gasteiger partial charge on any atom is -0.225 e. The molecule has 1 rings (SSSR count). The third-order valence-corrected chi connectivity index (χ3v) is 1.21. The van der Waals surface area contributed by atoms with Crippen LogP contribution in [0.5, 0.6) is 0 Å². The highest BCUT2D eigenvalue weighted by Crippen LogP contribution is 2.12. The molecule has 48 valence electrons. The van der Waals surface area contributed by atoms with E-state index in [0.717, 1.165) is 0 Å². The summed E-state index contributed by atoms with van der Waals surface area (Å²) in [6.07, 6.45) is 0. The van der Waals surface area contributed by atoms with Crippen molar-refractivity contribution in [3.05, 3.63) is 29.3 Å². The van der Waals surface area contributed by atoms with Crippen LogP contribution in [0.25, 0.3) is 0 Å². The summed E-state index contributed by atoms with van der Waals surface area (Å²) in [5.74, 6) is 0. The molecule has 0 bridgehead atoms. The van der Waals surface area contributed by atoms with Crippen molar-refractivity contribution in [3.63, 3.8) is 0 Å². The Hall–Kier alpha value is -0.760. The summed E-state index contributed by atoms with van der Waals surface area (Å²) in [4.78, 5) is 0. The van der Waals surface area contributed by atoms with Gasteiger partial charge in [0.05, 0.1) is 5.69 Å².